The summed E-state index contributed by atoms with van der Waals surface area (Å²) in [7, 11) is 1.67. The van der Waals surface area contributed by atoms with E-state index >= 15 is 0 Å². The molecule has 90 valence electrons. The van der Waals surface area contributed by atoms with Crippen LogP contribution in [0.25, 0.3) is 0 Å². The zero-order valence-electron chi connectivity index (χ0n) is 10.5. The van der Waals surface area contributed by atoms with E-state index in [2.05, 4.69) is 20.8 Å². The fraction of sp³-hybridized carbons (Fsp3) is 0.538. The van der Waals surface area contributed by atoms with E-state index in [0.29, 0.717) is 13.2 Å². The third-order valence-corrected chi connectivity index (χ3v) is 2.37. The molecule has 0 aliphatic carbocycles. The van der Waals surface area contributed by atoms with Gasteiger partial charge in [-0.2, -0.15) is 0 Å². The molecule has 16 heavy (non-hydrogen) atoms. The summed E-state index contributed by atoms with van der Waals surface area (Å²) >= 11 is 0. The minimum Gasteiger partial charge on any atom is -0.497 e. The van der Waals surface area contributed by atoms with Crippen molar-refractivity contribution in [2.75, 3.05) is 20.3 Å². The Kier molecular flexibility index (Phi) is 4.19. The Hall–Kier alpha value is -1.22. The van der Waals surface area contributed by atoms with E-state index in [-0.39, 0.29) is 5.41 Å². The molecule has 0 unspecified atom stereocenters. The fourth-order valence-corrected chi connectivity index (χ4v) is 1.52. The monoisotopic (exact) mass is 223 g/mol. The molecule has 0 bridgehead atoms. The lowest BCUT2D eigenvalue weighted by Crippen LogP contribution is -2.16. The van der Waals surface area contributed by atoms with E-state index in [1.165, 1.54) is 0 Å². The highest BCUT2D eigenvalue weighted by Crippen LogP contribution is 2.34. The van der Waals surface area contributed by atoms with Crippen molar-refractivity contribution < 1.29 is 9.47 Å². The van der Waals surface area contributed by atoms with E-state index in [1.807, 2.05) is 18.2 Å². The molecular weight excluding hydrogens is 202 g/mol. The van der Waals surface area contributed by atoms with Crippen LogP contribution in [0.15, 0.2) is 18.2 Å². The Morgan fingerprint density at radius 2 is 1.94 bits per heavy atom. The van der Waals surface area contributed by atoms with Gasteiger partial charge in [-0.1, -0.05) is 20.8 Å². The molecule has 1 aromatic carbocycles. The lowest BCUT2D eigenvalue weighted by Gasteiger charge is -2.23. The largest absolute Gasteiger partial charge is 0.497 e. The lowest BCUT2D eigenvalue weighted by molar-refractivity contribution is 0.317. The van der Waals surface area contributed by atoms with E-state index in [0.717, 1.165) is 17.1 Å². The molecule has 0 spiro atoms. The normalized spacial score (nSPS) is 11.3. The summed E-state index contributed by atoms with van der Waals surface area (Å²) in [6.07, 6.45) is 0. The average molecular weight is 223 g/mol. The van der Waals surface area contributed by atoms with Crippen molar-refractivity contribution in [1.82, 2.24) is 0 Å². The summed E-state index contributed by atoms with van der Waals surface area (Å²) in [6.45, 7) is 7.51. The molecule has 0 fully saturated rings. The zero-order valence-corrected chi connectivity index (χ0v) is 10.5. The standard InChI is InChI=1S/C13H21NO2/c1-13(2,3)11-9-10(15-4)5-6-12(11)16-8-7-14/h5-6,9H,7-8,14H2,1-4H3. The maximum atomic E-state index is 5.63. The Bertz CT molecular complexity index is 342. The second-order valence-electron chi connectivity index (χ2n) is 4.75. The van der Waals surface area contributed by atoms with Crippen LogP contribution in [0.4, 0.5) is 0 Å². The van der Waals surface area contributed by atoms with Crippen molar-refractivity contribution in [3.05, 3.63) is 23.8 Å². The summed E-state index contributed by atoms with van der Waals surface area (Å²) in [5.41, 5.74) is 6.61. The number of rotatable bonds is 4. The highest BCUT2D eigenvalue weighted by molar-refractivity contribution is 5.44. The molecule has 0 aliphatic heterocycles. The van der Waals surface area contributed by atoms with Crippen LogP contribution in [0, 0.1) is 0 Å². The third-order valence-electron chi connectivity index (χ3n) is 2.37. The van der Waals surface area contributed by atoms with Crippen LogP contribution < -0.4 is 15.2 Å². The van der Waals surface area contributed by atoms with Gasteiger partial charge in [0, 0.05) is 12.1 Å². The van der Waals surface area contributed by atoms with Crippen molar-refractivity contribution in [1.29, 1.82) is 0 Å². The van der Waals surface area contributed by atoms with Crippen molar-refractivity contribution in [2.24, 2.45) is 5.73 Å². The molecule has 0 radical (unpaired) electrons. The van der Waals surface area contributed by atoms with E-state index in [9.17, 15) is 0 Å². The minimum absolute atomic E-state index is 0.0263. The first kappa shape index (κ1) is 12.8. The first-order valence-electron chi connectivity index (χ1n) is 5.50. The quantitative estimate of drug-likeness (QED) is 0.852. The van der Waals surface area contributed by atoms with Gasteiger partial charge in [-0.15, -0.1) is 0 Å². The van der Waals surface area contributed by atoms with Gasteiger partial charge in [0.1, 0.15) is 18.1 Å². The summed E-state index contributed by atoms with van der Waals surface area (Å²) < 4.78 is 10.9. The van der Waals surface area contributed by atoms with Crippen molar-refractivity contribution in [2.45, 2.75) is 26.2 Å². The lowest BCUT2D eigenvalue weighted by atomic mass is 9.86. The predicted octanol–water partition coefficient (Wildman–Crippen LogP) is 2.33. The number of hydrogen-bond acceptors (Lipinski definition) is 3. The van der Waals surface area contributed by atoms with E-state index < -0.39 is 0 Å². The van der Waals surface area contributed by atoms with Crippen molar-refractivity contribution in [3.63, 3.8) is 0 Å². The molecule has 0 amide bonds. The molecule has 0 saturated carbocycles. The van der Waals surface area contributed by atoms with Gasteiger partial charge in [0.05, 0.1) is 7.11 Å². The van der Waals surface area contributed by atoms with E-state index in [4.69, 9.17) is 15.2 Å². The summed E-state index contributed by atoms with van der Waals surface area (Å²) in [4.78, 5) is 0. The number of ether oxygens (including phenoxy) is 2. The smallest absolute Gasteiger partial charge is 0.123 e. The Labute approximate surface area is 97.6 Å². The maximum Gasteiger partial charge on any atom is 0.123 e. The maximum absolute atomic E-state index is 5.63. The van der Waals surface area contributed by atoms with Gasteiger partial charge in [0.2, 0.25) is 0 Å². The summed E-state index contributed by atoms with van der Waals surface area (Å²) in [5.74, 6) is 1.74. The van der Waals surface area contributed by atoms with Gasteiger partial charge in [0.15, 0.2) is 0 Å². The first-order chi connectivity index (χ1) is 7.49. The number of nitrogens with two attached hydrogens (primary N) is 1. The van der Waals surface area contributed by atoms with Crippen molar-refractivity contribution >= 4 is 0 Å². The molecule has 0 atom stereocenters. The van der Waals surface area contributed by atoms with Gasteiger partial charge in [-0.25, -0.2) is 0 Å². The van der Waals surface area contributed by atoms with Gasteiger partial charge in [-0.05, 0) is 23.6 Å². The van der Waals surface area contributed by atoms with Crippen LogP contribution in [0.3, 0.4) is 0 Å². The highest BCUT2D eigenvalue weighted by atomic mass is 16.5. The van der Waals surface area contributed by atoms with Crippen LogP contribution in [-0.2, 0) is 5.41 Å². The molecule has 0 aromatic heterocycles. The topological polar surface area (TPSA) is 44.5 Å². The molecule has 3 heteroatoms. The van der Waals surface area contributed by atoms with Gasteiger partial charge in [-0.3, -0.25) is 0 Å². The molecule has 2 N–H and O–H groups in total. The van der Waals surface area contributed by atoms with E-state index in [1.54, 1.807) is 7.11 Å². The van der Waals surface area contributed by atoms with Crippen LogP contribution in [0.5, 0.6) is 11.5 Å². The number of hydrogen-bond donors (Lipinski definition) is 1. The number of methoxy groups -OCH3 is 1. The molecule has 0 heterocycles. The van der Waals surface area contributed by atoms with Gasteiger partial charge >= 0.3 is 0 Å². The average Bonchev–Trinajstić information content (AvgIpc) is 2.25. The predicted molar refractivity (Wildman–Crippen MR) is 66.2 cm³/mol. The Morgan fingerprint density at radius 1 is 1.25 bits per heavy atom. The Morgan fingerprint density at radius 3 is 2.44 bits per heavy atom. The van der Waals surface area contributed by atoms with Crippen LogP contribution in [-0.4, -0.2) is 20.3 Å². The summed E-state index contributed by atoms with van der Waals surface area (Å²) in [6, 6.07) is 5.86. The zero-order chi connectivity index (χ0) is 12.2. The van der Waals surface area contributed by atoms with Gasteiger partial charge in [0.25, 0.3) is 0 Å². The third kappa shape index (κ3) is 3.14. The van der Waals surface area contributed by atoms with Crippen molar-refractivity contribution in [3.8, 4) is 11.5 Å². The second kappa shape index (κ2) is 5.21. The molecule has 0 saturated heterocycles. The molecule has 0 aliphatic rings. The second-order valence-corrected chi connectivity index (χ2v) is 4.75. The molecule has 1 aromatic rings. The van der Waals surface area contributed by atoms with Crippen LogP contribution in [0.1, 0.15) is 26.3 Å². The molecule has 1 rings (SSSR count). The number of benzene rings is 1. The SMILES string of the molecule is COc1ccc(OCCN)c(C(C)(C)C)c1. The highest BCUT2D eigenvalue weighted by Gasteiger charge is 2.19. The van der Waals surface area contributed by atoms with Gasteiger partial charge < -0.3 is 15.2 Å². The molecular formula is C13H21NO2. The van der Waals surface area contributed by atoms with Crippen LogP contribution >= 0.6 is 0 Å². The first-order valence-corrected chi connectivity index (χ1v) is 5.50. The fourth-order valence-electron chi connectivity index (χ4n) is 1.52. The molecule has 3 nitrogen and oxygen atoms in total. The van der Waals surface area contributed by atoms with Crippen LogP contribution in [0.2, 0.25) is 0 Å². The summed E-state index contributed by atoms with van der Waals surface area (Å²) in [5, 5.41) is 0. The minimum atomic E-state index is 0.0263. The Balaban J connectivity index is 3.06.